The van der Waals surface area contributed by atoms with Crippen LogP contribution in [0.4, 0.5) is 8.78 Å². The number of hydrogen-bond acceptors (Lipinski definition) is 3. The Bertz CT molecular complexity index is 1280. The minimum Gasteiger partial charge on any atom is -0.481 e. The minimum atomic E-state index is -0.804. The maximum absolute atomic E-state index is 14.2. The molecule has 1 aliphatic rings. The Hall–Kier alpha value is -3.74. The molecule has 7 heteroatoms. The highest BCUT2D eigenvalue weighted by Gasteiger charge is 2.33. The Kier molecular flexibility index (Phi) is 8.21. The highest BCUT2D eigenvalue weighted by Crippen LogP contribution is 2.38. The number of rotatable bonds is 8. The van der Waals surface area contributed by atoms with Gasteiger partial charge in [-0.25, -0.2) is 8.78 Å². The molecule has 2 amide bonds. The van der Waals surface area contributed by atoms with Gasteiger partial charge in [0.05, 0.1) is 6.04 Å². The number of nitrogens with one attached hydrogen (secondary N) is 1. The second-order valence-electron chi connectivity index (χ2n) is 9.86. The van der Waals surface area contributed by atoms with Crippen LogP contribution in [0, 0.1) is 17.6 Å². The molecule has 0 unspecified atom stereocenters. The van der Waals surface area contributed by atoms with E-state index in [-0.39, 0.29) is 35.9 Å². The van der Waals surface area contributed by atoms with Crippen LogP contribution in [0.2, 0.25) is 0 Å². The topological polar surface area (TPSA) is 58.6 Å². The molecule has 0 bridgehead atoms. The number of amides is 2. The summed E-state index contributed by atoms with van der Waals surface area (Å²) in [6, 6.07) is 17.5. The predicted molar refractivity (Wildman–Crippen MR) is 138 cm³/mol. The highest BCUT2D eigenvalue weighted by molar-refractivity contribution is 5.80. The van der Waals surface area contributed by atoms with Gasteiger partial charge in [-0.3, -0.25) is 9.59 Å². The van der Waals surface area contributed by atoms with Gasteiger partial charge in [0, 0.05) is 19.5 Å². The zero-order valence-electron chi connectivity index (χ0n) is 21.3. The summed E-state index contributed by atoms with van der Waals surface area (Å²) in [5.74, 6) is -0.366. The molecule has 0 radical (unpaired) electrons. The van der Waals surface area contributed by atoms with Crippen LogP contribution in [0.15, 0.2) is 66.7 Å². The highest BCUT2D eigenvalue weighted by atomic mass is 19.1. The standard InChI is InChI=1S/C30H32F2N2O3/c1-19(2)14-28(35)34-13-12-22-10-11-26(17-27(22)29(34)23-7-5-9-25(32)16-23)37-20(3)30(36)33-18-21-6-4-8-24(31)15-21/h4-11,15-17,19-20,29H,12-14,18H2,1-3H3,(H,33,36)/t20-,29+/m1/s1. The SMILES string of the molecule is CC(C)CC(=O)N1CCc2ccc(O[C@H](C)C(=O)NCc3cccc(F)c3)cc2[C@@H]1c1cccc(F)c1. The van der Waals surface area contributed by atoms with Gasteiger partial charge in [0.2, 0.25) is 5.91 Å². The van der Waals surface area contributed by atoms with Crippen molar-refractivity contribution in [2.45, 2.75) is 52.3 Å². The molecule has 0 fully saturated rings. The van der Waals surface area contributed by atoms with Crippen molar-refractivity contribution in [3.63, 3.8) is 0 Å². The van der Waals surface area contributed by atoms with Crippen LogP contribution in [-0.2, 0) is 22.6 Å². The fourth-order valence-corrected chi connectivity index (χ4v) is 4.68. The van der Waals surface area contributed by atoms with E-state index in [1.165, 1.54) is 24.3 Å². The molecule has 37 heavy (non-hydrogen) atoms. The Labute approximate surface area is 216 Å². The molecule has 0 saturated carbocycles. The maximum Gasteiger partial charge on any atom is 0.261 e. The van der Waals surface area contributed by atoms with Gasteiger partial charge in [-0.2, -0.15) is 0 Å². The van der Waals surface area contributed by atoms with E-state index >= 15 is 0 Å². The zero-order chi connectivity index (χ0) is 26.5. The minimum absolute atomic E-state index is 0.0197. The molecular formula is C30H32F2N2O3. The number of benzene rings is 3. The maximum atomic E-state index is 14.2. The molecule has 5 nitrogen and oxygen atoms in total. The lowest BCUT2D eigenvalue weighted by Crippen LogP contribution is -2.41. The molecule has 3 aromatic carbocycles. The van der Waals surface area contributed by atoms with Crippen LogP contribution < -0.4 is 10.1 Å². The van der Waals surface area contributed by atoms with Crippen molar-refractivity contribution in [1.82, 2.24) is 10.2 Å². The lowest BCUT2D eigenvalue weighted by Gasteiger charge is -2.38. The Morgan fingerprint density at radius 3 is 2.43 bits per heavy atom. The Morgan fingerprint density at radius 1 is 1.00 bits per heavy atom. The summed E-state index contributed by atoms with van der Waals surface area (Å²) in [6.45, 7) is 6.37. The molecule has 2 atom stereocenters. The summed E-state index contributed by atoms with van der Waals surface area (Å²) in [4.78, 5) is 27.6. The van der Waals surface area contributed by atoms with Gasteiger partial charge in [0.15, 0.2) is 6.10 Å². The van der Waals surface area contributed by atoms with E-state index in [1.807, 2.05) is 43.0 Å². The largest absolute Gasteiger partial charge is 0.481 e. The lowest BCUT2D eigenvalue weighted by atomic mass is 9.87. The molecule has 1 aliphatic heterocycles. The number of halogens is 2. The van der Waals surface area contributed by atoms with Gasteiger partial charge in [-0.15, -0.1) is 0 Å². The number of fused-ring (bicyclic) bond motifs is 1. The van der Waals surface area contributed by atoms with Crippen LogP contribution in [0.5, 0.6) is 5.75 Å². The molecule has 3 aromatic rings. The van der Waals surface area contributed by atoms with Crippen molar-refractivity contribution in [1.29, 1.82) is 0 Å². The van der Waals surface area contributed by atoms with Crippen LogP contribution >= 0.6 is 0 Å². The van der Waals surface area contributed by atoms with Crippen LogP contribution in [-0.4, -0.2) is 29.4 Å². The number of hydrogen-bond donors (Lipinski definition) is 1. The number of nitrogens with zero attached hydrogens (tertiary/aromatic N) is 1. The predicted octanol–water partition coefficient (Wildman–Crippen LogP) is 5.57. The van der Waals surface area contributed by atoms with Gasteiger partial charge in [0.1, 0.15) is 17.4 Å². The van der Waals surface area contributed by atoms with Crippen LogP contribution in [0.25, 0.3) is 0 Å². The van der Waals surface area contributed by atoms with E-state index in [2.05, 4.69) is 5.32 Å². The van der Waals surface area contributed by atoms with Gasteiger partial charge >= 0.3 is 0 Å². The molecule has 1 N–H and O–H groups in total. The third-order valence-electron chi connectivity index (χ3n) is 6.45. The molecule has 0 aliphatic carbocycles. The van der Waals surface area contributed by atoms with Crippen molar-refractivity contribution in [3.8, 4) is 5.75 Å². The normalized spacial score (nSPS) is 15.7. The first-order valence-electron chi connectivity index (χ1n) is 12.6. The molecule has 0 aromatic heterocycles. The van der Waals surface area contributed by atoms with Gasteiger partial charge in [-0.1, -0.05) is 44.2 Å². The zero-order valence-corrected chi connectivity index (χ0v) is 21.3. The van der Waals surface area contributed by atoms with Crippen molar-refractivity contribution >= 4 is 11.8 Å². The summed E-state index contributed by atoms with van der Waals surface area (Å²) >= 11 is 0. The van der Waals surface area contributed by atoms with Gasteiger partial charge < -0.3 is 15.0 Å². The third-order valence-corrected chi connectivity index (χ3v) is 6.45. The monoisotopic (exact) mass is 506 g/mol. The van der Waals surface area contributed by atoms with Crippen molar-refractivity contribution in [2.75, 3.05) is 6.54 Å². The second-order valence-corrected chi connectivity index (χ2v) is 9.86. The fourth-order valence-electron chi connectivity index (χ4n) is 4.68. The Balaban J connectivity index is 1.56. The number of carbonyl (C=O) groups excluding carboxylic acids is 2. The first-order chi connectivity index (χ1) is 17.7. The van der Waals surface area contributed by atoms with Crippen molar-refractivity contribution in [3.05, 3.63) is 101 Å². The molecule has 4 rings (SSSR count). The van der Waals surface area contributed by atoms with Gasteiger partial charge in [-0.05, 0) is 77.9 Å². The summed E-state index contributed by atoms with van der Waals surface area (Å²) < 4.78 is 33.6. The van der Waals surface area contributed by atoms with E-state index in [0.717, 1.165) is 11.1 Å². The lowest BCUT2D eigenvalue weighted by molar-refractivity contribution is -0.134. The molecular weight excluding hydrogens is 474 g/mol. The molecule has 1 heterocycles. The van der Waals surface area contributed by atoms with Crippen LogP contribution in [0.1, 0.15) is 55.5 Å². The van der Waals surface area contributed by atoms with Crippen molar-refractivity contribution in [2.24, 2.45) is 5.92 Å². The number of ether oxygens (including phenoxy) is 1. The number of carbonyl (C=O) groups is 2. The van der Waals surface area contributed by atoms with Crippen LogP contribution in [0.3, 0.4) is 0 Å². The Morgan fingerprint density at radius 2 is 1.73 bits per heavy atom. The average molecular weight is 507 g/mol. The fraction of sp³-hybridized carbons (Fsp3) is 0.333. The third kappa shape index (κ3) is 6.53. The van der Waals surface area contributed by atoms with Crippen molar-refractivity contribution < 1.29 is 23.1 Å². The average Bonchev–Trinajstić information content (AvgIpc) is 2.86. The van der Waals surface area contributed by atoms with E-state index in [4.69, 9.17) is 4.74 Å². The quantitative estimate of drug-likeness (QED) is 0.435. The molecule has 0 spiro atoms. The van der Waals surface area contributed by atoms with E-state index in [0.29, 0.717) is 36.3 Å². The molecule has 0 saturated heterocycles. The van der Waals surface area contributed by atoms with E-state index < -0.39 is 12.1 Å². The second kappa shape index (κ2) is 11.5. The summed E-state index contributed by atoms with van der Waals surface area (Å²) in [5, 5.41) is 2.76. The first kappa shape index (κ1) is 26.3. The smallest absolute Gasteiger partial charge is 0.261 e. The molecule has 194 valence electrons. The van der Waals surface area contributed by atoms with E-state index in [9.17, 15) is 18.4 Å². The first-order valence-corrected chi connectivity index (χ1v) is 12.6. The van der Waals surface area contributed by atoms with Gasteiger partial charge in [0.25, 0.3) is 5.91 Å². The summed E-state index contributed by atoms with van der Waals surface area (Å²) in [5.41, 5.74) is 3.26. The summed E-state index contributed by atoms with van der Waals surface area (Å²) in [7, 11) is 0. The summed E-state index contributed by atoms with van der Waals surface area (Å²) in [6.07, 6.45) is 0.274. The van der Waals surface area contributed by atoms with E-state index in [1.54, 1.807) is 25.1 Å².